The lowest BCUT2D eigenvalue weighted by Crippen LogP contribution is -2.47. The highest BCUT2D eigenvalue weighted by Crippen LogP contribution is 2.29. The van der Waals surface area contributed by atoms with Crippen molar-refractivity contribution in [2.45, 2.75) is 19.5 Å². The highest BCUT2D eigenvalue weighted by Gasteiger charge is 2.33. The molecule has 1 aromatic carbocycles. The topological polar surface area (TPSA) is 59.6 Å². The minimum absolute atomic E-state index is 0. The molecule has 0 atom stereocenters. The van der Waals surface area contributed by atoms with Crippen LogP contribution in [-0.2, 0) is 4.74 Å². The van der Waals surface area contributed by atoms with Gasteiger partial charge in [-0.15, -0.1) is 12.4 Å². The van der Waals surface area contributed by atoms with Gasteiger partial charge in [-0.25, -0.2) is 4.39 Å². The van der Waals surface area contributed by atoms with Crippen LogP contribution in [0.3, 0.4) is 0 Å². The summed E-state index contributed by atoms with van der Waals surface area (Å²) in [4.78, 5) is 12.3. The van der Waals surface area contributed by atoms with Crippen molar-refractivity contribution in [1.82, 2.24) is 10.6 Å². The molecule has 1 saturated heterocycles. The van der Waals surface area contributed by atoms with Gasteiger partial charge >= 0.3 is 6.61 Å². The second-order valence-corrected chi connectivity index (χ2v) is 5.88. The molecule has 0 spiro atoms. The number of piperidine rings is 1. The number of hydrogen-bond donors (Lipinski definition) is 2. The highest BCUT2D eigenvalue weighted by atomic mass is 35.5. The van der Waals surface area contributed by atoms with Crippen LogP contribution in [0.25, 0.3) is 0 Å². The lowest BCUT2D eigenvalue weighted by Gasteiger charge is -2.37. The largest absolute Gasteiger partial charge is 0.434 e. The number of carbonyl (C=O) groups is 1. The van der Waals surface area contributed by atoms with Gasteiger partial charge in [0, 0.05) is 25.1 Å². The zero-order valence-corrected chi connectivity index (χ0v) is 14.6. The molecule has 1 amide bonds. The monoisotopic (exact) mass is 382 g/mol. The lowest BCUT2D eigenvalue weighted by atomic mass is 9.79. The van der Waals surface area contributed by atoms with Gasteiger partial charge in [0.15, 0.2) is 0 Å². The maximum Gasteiger partial charge on any atom is 0.387 e. The zero-order valence-electron chi connectivity index (χ0n) is 13.8. The molecule has 9 heteroatoms. The van der Waals surface area contributed by atoms with Crippen molar-refractivity contribution in [2.24, 2.45) is 5.41 Å². The Morgan fingerprint density at radius 3 is 2.64 bits per heavy atom. The van der Waals surface area contributed by atoms with Gasteiger partial charge in [0.2, 0.25) is 0 Å². The second-order valence-electron chi connectivity index (χ2n) is 5.88. The molecule has 1 fully saturated rings. The molecule has 2 N–H and O–H groups in total. The number of halogens is 4. The van der Waals surface area contributed by atoms with Crippen LogP contribution in [0.15, 0.2) is 18.2 Å². The van der Waals surface area contributed by atoms with Gasteiger partial charge in [0.05, 0.1) is 12.2 Å². The van der Waals surface area contributed by atoms with E-state index in [1.165, 1.54) is 0 Å². The molecular weight excluding hydrogens is 361 g/mol. The normalized spacial score (nSPS) is 16.2. The zero-order chi connectivity index (χ0) is 17.6. The van der Waals surface area contributed by atoms with Crippen LogP contribution in [-0.4, -0.2) is 45.9 Å². The predicted molar refractivity (Wildman–Crippen MR) is 89.0 cm³/mol. The van der Waals surface area contributed by atoms with Crippen LogP contribution in [0.4, 0.5) is 13.2 Å². The predicted octanol–water partition coefficient (Wildman–Crippen LogP) is 2.59. The average molecular weight is 383 g/mol. The number of rotatable bonds is 7. The Morgan fingerprint density at radius 2 is 2.04 bits per heavy atom. The number of alkyl halides is 2. The molecule has 142 valence electrons. The standard InChI is InChI=1S/C16H21F3N2O3.ClH/c1-23-10-16(4-6-20-7-5-16)9-21-14(22)12-3-2-11(17)8-13(12)24-15(18)19;/h2-3,8,15,20H,4-7,9-10H2,1H3,(H,21,22);1H. The van der Waals surface area contributed by atoms with Crippen LogP contribution >= 0.6 is 12.4 Å². The van der Waals surface area contributed by atoms with Crippen molar-refractivity contribution in [3.05, 3.63) is 29.6 Å². The average Bonchev–Trinajstić information content (AvgIpc) is 2.53. The summed E-state index contributed by atoms with van der Waals surface area (Å²) in [5.74, 6) is -1.82. The fourth-order valence-corrected chi connectivity index (χ4v) is 2.88. The number of hydrogen-bond acceptors (Lipinski definition) is 4. The van der Waals surface area contributed by atoms with Crippen molar-refractivity contribution in [3.63, 3.8) is 0 Å². The highest BCUT2D eigenvalue weighted by molar-refractivity contribution is 5.96. The summed E-state index contributed by atoms with van der Waals surface area (Å²) >= 11 is 0. The van der Waals surface area contributed by atoms with Gasteiger partial charge in [-0.1, -0.05) is 0 Å². The summed E-state index contributed by atoms with van der Waals surface area (Å²) in [7, 11) is 1.60. The van der Waals surface area contributed by atoms with E-state index in [9.17, 15) is 18.0 Å². The first-order valence-electron chi connectivity index (χ1n) is 7.68. The van der Waals surface area contributed by atoms with Gasteiger partial charge < -0.3 is 20.1 Å². The van der Waals surface area contributed by atoms with E-state index < -0.39 is 24.1 Å². The molecule has 0 saturated carbocycles. The number of methoxy groups -OCH3 is 1. The molecule has 0 radical (unpaired) electrons. The fraction of sp³-hybridized carbons (Fsp3) is 0.562. The molecule has 5 nitrogen and oxygen atoms in total. The molecule has 0 aromatic heterocycles. The summed E-state index contributed by atoms with van der Waals surface area (Å²) in [6.45, 7) is -0.681. The summed E-state index contributed by atoms with van der Waals surface area (Å²) in [6.07, 6.45) is 1.65. The molecule has 0 aliphatic carbocycles. The second kappa shape index (κ2) is 9.84. The summed E-state index contributed by atoms with van der Waals surface area (Å²) < 4.78 is 47.6. The van der Waals surface area contributed by atoms with E-state index in [-0.39, 0.29) is 23.4 Å². The van der Waals surface area contributed by atoms with Gasteiger partial charge in [0.25, 0.3) is 5.91 Å². The van der Waals surface area contributed by atoms with Gasteiger partial charge in [-0.2, -0.15) is 8.78 Å². The van der Waals surface area contributed by atoms with Crippen LogP contribution < -0.4 is 15.4 Å². The molecule has 1 aromatic rings. The first-order valence-corrected chi connectivity index (χ1v) is 7.68. The summed E-state index contributed by atoms with van der Waals surface area (Å²) in [5, 5.41) is 5.97. The maximum absolute atomic E-state index is 13.2. The van der Waals surface area contributed by atoms with Crippen LogP contribution in [0.5, 0.6) is 5.75 Å². The SMILES string of the molecule is COCC1(CNC(=O)c2ccc(F)cc2OC(F)F)CCNCC1.Cl. The van der Waals surface area contributed by atoms with Gasteiger partial charge in [-0.05, 0) is 38.1 Å². The maximum atomic E-state index is 13.2. The fourth-order valence-electron chi connectivity index (χ4n) is 2.88. The molecule has 0 unspecified atom stereocenters. The van der Waals surface area contributed by atoms with Gasteiger partial charge in [-0.3, -0.25) is 4.79 Å². The van der Waals surface area contributed by atoms with Crippen LogP contribution in [0.2, 0.25) is 0 Å². The number of benzene rings is 1. The molecule has 1 aliphatic rings. The minimum atomic E-state index is -3.14. The number of ether oxygens (including phenoxy) is 2. The van der Waals surface area contributed by atoms with Crippen molar-refractivity contribution < 1.29 is 27.4 Å². The van der Waals surface area contributed by atoms with Crippen molar-refractivity contribution >= 4 is 18.3 Å². The Bertz CT molecular complexity index is 564. The molecular formula is C16H22ClF3N2O3. The third kappa shape index (κ3) is 6.05. The minimum Gasteiger partial charge on any atom is -0.434 e. The smallest absolute Gasteiger partial charge is 0.387 e. The molecule has 2 rings (SSSR count). The Hall–Kier alpha value is -1.51. The van der Waals surface area contributed by atoms with E-state index in [4.69, 9.17) is 4.74 Å². The number of carbonyl (C=O) groups excluding carboxylic acids is 1. The number of nitrogens with one attached hydrogen (secondary N) is 2. The van der Waals surface area contributed by atoms with E-state index in [0.29, 0.717) is 13.2 Å². The first kappa shape index (κ1) is 21.5. The first-order chi connectivity index (χ1) is 11.5. The van der Waals surface area contributed by atoms with E-state index >= 15 is 0 Å². The van der Waals surface area contributed by atoms with Gasteiger partial charge in [0.1, 0.15) is 11.6 Å². The van der Waals surface area contributed by atoms with E-state index in [1.807, 2.05) is 0 Å². The Labute approximate surface area is 150 Å². The molecule has 1 heterocycles. The summed E-state index contributed by atoms with van der Waals surface area (Å²) in [6, 6.07) is 2.94. The Balaban J connectivity index is 0.00000312. The van der Waals surface area contributed by atoms with Crippen molar-refractivity contribution in [1.29, 1.82) is 0 Å². The molecule has 0 bridgehead atoms. The number of amides is 1. The lowest BCUT2D eigenvalue weighted by molar-refractivity contribution is -0.0503. The van der Waals surface area contributed by atoms with E-state index in [0.717, 1.165) is 44.1 Å². The van der Waals surface area contributed by atoms with Crippen molar-refractivity contribution in [3.8, 4) is 5.75 Å². The van der Waals surface area contributed by atoms with E-state index in [1.54, 1.807) is 7.11 Å². The third-order valence-electron chi connectivity index (χ3n) is 4.14. The molecule has 1 aliphatic heterocycles. The molecule has 25 heavy (non-hydrogen) atoms. The van der Waals surface area contributed by atoms with Crippen LogP contribution in [0, 0.1) is 11.2 Å². The van der Waals surface area contributed by atoms with Crippen molar-refractivity contribution in [2.75, 3.05) is 33.4 Å². The van der Waals surface area contributed by atoms with Crippen LogP contribution in [0.1, 0.15) is 23.2 Å². The third-order valence-corrected chi connectivity index (χ3v) is 4.14. The quantitative estimate of drug-likeness (QED) is 0.761. The Morgan fingerprint density at radius 1 is 1.36 bits per heavy atom. The van der Waals surface area contributed by atoms with E-state index in [2.05, 4.69) is 15.4 Å². The Kier molecular flexibility index (Phi) is 8.47. The summed E-state index contributed by atoms with van der Waals surface area (Å²) in [5.41, 5.74) is -0.336.